The van der Waals surface area contributed by atoms with Gasteiger partial charge >= 0.3 is 0 Å². The van der Waals surface area contributed by atoms with Gasteiger partial charge in [0.1, 0.15) is 0 Å². The summed E-state index contributed by atoms with van der Waals surface area (Å²) in [5.41, 5.74) is 2.91. The molecule has 0 aliphatic heterocycles. The number of aryl methyl sites for hydroxylation is 1. The molecule has 0 aliphatic carbocycles. The van der Waals surface area contributed by atoms with Crippen molar-refractivity contribution in [3.8, 4) is 0 Å². The molecule has 2 aromatic rings. The summed E-state index contributed by atoms with van der Waals surface area (Å²) in [6.07, 6.45) is 3.57. The Morgan fingerprint density at radius 1 is 1.24 bits per heavy atom. The maximum atomic E-state index is 6.13. The third-order valence-electron chi connectivity index (χ3n) is 2.45. The normalized spacial score (nSPS) is 10.3. The minimum absolute atomic E-state index is 0.674. The molecule has 2 nitrogen and oxygen atoms in total. The second kappa shape index (κ2) is 5.39. The van der Waals surface area contributed by atoms with Gasteiger partial charge in [-0.05, 0) is 36.2 Å². The smallest absolute Gasteiger partial charge is 0.0641 e. The zero-order valence-corrected chi connectivity index (χ0v) is 10.9. The Labute approximate surface area is 111 Å². The van der Waals surface area contributed by atoms with E-state index in [9.17, 15) is 0 Å². The van der Waals surface area contributed by atoms with E-state index >= 15 is 0 Å². The summed E-state index contributed by atoms with van der Waals surface area (Å²) < 4.78 is 0. The SMILES string of the molecule is Cc1cc(Cl)c(NCc2cccnc2)cc1Cl. The van der Waals surface area contributed by atoms with Crippen molar-refractivity contribution in [1.29, 1.82) is 0 Å². The highest BCUT2D eigenvalue weighted by atomic mass is 35.5. The summed E-state index contributed by atoms with van der Waals surface area (Å²) in [4.78, 5) is 4.05. The molecule has 17 heavy (non-hydrogen) atoms. The van der Waals surface area contributed by atoms with Crippen molar-refractivity contribution < 1.29 is 0 Å². The number of hydrogen-bond acceptors (Lipinski definition) is 2. The molecule has 1 aromatic heterocycles. The first-order valence-electron chi connectivity index (χ1n) is 5.25. The molecule has 0 fully saturated rings. The van der Waals surface area contributed by atoms with E-state index in [-0.39, 0.29) is 0 Å². The third kappa shape index (κ3) is 3.11. The maximum absolute atomic E-state index is 6.13. The van der Waals surface area contributed by atoms with Crippen LogP contribution in [0.2, 0.25) is 10.0 Å². The molecule has 0 unspecified atom stereocenters. The van der Waals surface area contributed by atoms with Crippen LogP contribution in [0.5, 0.6) is 0 Å². The van der Waals surface area contributed by atoms with Crippen LogP contribution in [0.15, 0.2) is 36.7 Å². The lowest BCUT2D eigenvalue weighted by molar-refractivity contribution is 1.11. The molecule has 2 rings (SSSR count). The van der Waals surface area contributed by atoms with Crippen molar-refractivity contribution >= 4 is 28.9 Å². The largest absolute Gasteiger partial charge is 0.380 e. The van der Waals surface area contributed by atoms with Crippen LogP contribution < -0.4 is 5.32 Å². The molecule has 88 valence electrons. The van der Waals surface area contributed by atoms with Crippen LogP contribution >= 0.6 is 23.2 Å². The Morgan fingerprint density at radius 2 is 2.06 bits per heavy atom. The van der Waals surface area contributed by atoms with Crippen molar-refractivity contribution in [2.45, 2.75) is 13.5 Å². The molecule has 0 amide bonds. The molecule has 1 N–H and O–H groups in total. The van der Waals surface area contributed by atoms with Gasteiger partial charge in [0.15, 0.2) is 0 Å². The minimum Gasteiger partial charge on any atom is -0.380 e. The quantitative estimate of drug-likeness (QED) is 0.896. The highest BCUT2D eigenvalue weighted by Gasteiger charge is 2.04. The van der Waals surface area contributed by atoms with E-state index in [2.05, 4.69) is 10.3 Å². The van der Waals surface area contributed by atoms with E-state index in [1.807, 2.05) is 37.4 Å². The van der Waals surface area contributed by atoms with Crippen LogP contribution in [-0.4, -0.2) is 4.98 Å². The number of nitrogens with zero attached hydrogens (tertiary/aromatic N) is 1. The van der Waals surface area contributed by atoms with Crippen molar-refractivity contribution in [2.24, 2.45) is 0 Å². The van der Waals surface area contributed by atoms with Gasteiger partial charge in [0.25, 0.3) is 0 Å². The van der Waals surface area contributed by atoms with E-state index in [1.54, 1.807) is 6.20 Å². The lowest BCUT2D eigenvalue weighted by Crippen LogP contribution is -2.00. The Bertz CT molecular complexity index is 512. The first-order valence-corrected chi connectivity index (χ1v) is 6.01. The first-order chi connectivity index (χ1) is 8.16. The van der Waals surface area contributed by atoms with E-state index in [0.717, 1.165) is 16.8 Å². The summed E-state index contributed by atoms with van der Waals surface area (Å²) in [5.74, 6) is 0. The van der Waals surface area contributed by atoms with Crippen molar-refractivity contribution in [3.05, 3.63) is 57.8 Å². The monoisotopic (exact) mass is 266 g/mol. The predicted octanol–water partition coefficient (Wildman–Crippen LogP) is 4.31. The van der Waals surface area contributed by atoms with E-state index in [4.69, 9.17) is 23.2 Å². The lowest BCUT2D eigenvalue weighted by atomic mass is 10.2. The second-order valence-electron chi connectivity index (χ2n) is 3.80. The van der Waals surface area contributed by atoms with Gasteiger partial charge in [-0.15, -0.1) is 0 Å². The number of rotatable bonds is 3. The molecule has 1 heterocycles. The molecular weight excluding hydrogens is 255 g/mol. The molecule has 0 radical (unpaired) electrons. The maximum Gasteiger partial charge on any atom is 0.0641 e. The van der Waals surface area contributed by atoms with E-state index < -0.39 is 0 Å². The van der Waals surface area contributed by atoms with Crippen LogP contribution in [0.3, 0.4) is 0 Å². The summed E-state index contributed by atoms with van der Waals surface area (Å²) >= 11 is 12.2. The molecule has 0 spiro atoms. The average molecular weight is 267 g/mol. The van der Waals surface area contributed by atoms with Crippen molar-refractivity contribution in [3.63, 3.8) is 0 Å². The standard InChI is InChI=1S/C13H12Cl2N2/c1-9-5-12(15)13(6-11(9)14)17-8-10-3-2-4-16-7-10/h2-7,17H,8H2,1H3. The summed E-state index contributed by atoms with van der Waals surface area (Å²) in [6.45, 7) is 2.60. The first kappa shape index (κ1) is 12.2. The molecule has 0 saturated heterocycles. The van der Waals surface area contributed by atoms with Gasteiger partial charge in [-0.25, -0.2) is 0 Å². The lowest BCUT2D eigenvalue weighted by Gasteiger charge is -2.10. The third-order valence-corrected chi connectivity index (χ3v) is 3.17. The van der Waals surface area contributed by atoms with Crippen LogP contribution in [0.4, 0.5) is 5.69 Å². The minimum atomic E-state index is 0.674. The summed E-state index contributed by atoms with van der Waals surface area (Å²) in [6, 6.07) is 7.61. The number of pyridine rings is 1. The molecular formula is C13H12Cl2N2. The zero-order chi connectivity index (χ0) is 12.3. The summed E-state index contributed by atoms with van der Waals surface area (Å²) in [5, 5.41) is 4.63. The molecule has 0 saturated carbocycles. The molecule has 4 heteroatoms. The molecule has 0 atom stereocenters. The fraction of sp³-hybridized carbons (Fsp3) is 0.154. The van der Waals surface area contributed by atoms with Crippen LogP contribution in [-0.2, 0) is 6.54 Å². The fourth-order valence-corrected chi connectivity index (χ4v) is 1.93. The average Bonchev–Trinajstić information content (AvgIpc) is 2.33. The Kier molecular flexibility index (Phi) is 3.87. The van der Waals surface area contributed by atoms with Crippen molar-refractivity contribution in [1.82, 2.24) is 4.98 Å². The number of anilines is 1. The Hall–Kier alpha value is -1.25. The summed E-state index contributed by atoms with van der Waals surface area (Å²) in [7, 11) is 0. The Morgan fingerprint density at radius 3 is 2.76 bits per heavy atom. The number of halogens is 2. The number of hydrogen-bond donors (Lipinski definition) is 1. The fourth-order valence-electron chi connectivity index (χ4n) is 1.48. The zero-order valence-electron chi connectivity index (χ0n) is 9.37. The van der Waals surface area contributed by atoms with E-state index in [1.165, 1.54) is 0 Å². The topological polar surface area (TPSA) is 24.9 Å². The molecule has 0 bridgehead atoms. The van der Waals surface area contributed by atoms with Gasteiger partial charge in [0.2, 0.25) is 0 Å². The van der Waals surface area contributed by atoms with Gasteiger partial charge in [-0.3, -0.25) is 4.98 Å². The number of aromatic nitrogens is 1. The number of benzene rings is 1. The molecule has 1 aromatic carbocycles. The highest BCUT2D eigenvalue weighted by Crippen LogP contribution is 2.28. The van der Waals surface area contributed by atoms with Crippen molar-refractivity contribution in [2.75, 3.05) is 5.32 Å². The molecule has 0 aliphatic rings. The number of nitrogens with one attached hydrogen (secondary N) is 1. The Balaban J connectivity index is 2.12. The van der Waals surface area contributed by atoms with Gasteiger partial charge in [-0.2, -0.15) is 0 Å². The van der Waals surface area contributed by atoms with Crippen LogP contribution in [0.25, 0.3) is 0 Å². The van der Waals surface area contributed by atoms with E-state index in [0.29, 0.717) is 16.6 Å². The van der Waals surface area contributed by atoms with Gasteiger partial charge in [-0.1, -0.05) is 29.3 Å². The van der Waals surface area contributed by atoms with Crippen LogP contribution in [0, 0.1) is 6.92 Å². The van der Waals surface area contributed by atoms with Crippen LogP contribution in [0.1, 0.15) is 11.1 Å². The second-order valence-corrected chi connectivity index (χ2v) is 4.61. The van der Waals surface area contributed by atoms with Gasteiger partial charge in [0, 0.05) is 24.0 Å². The predicted molar refractivity (Wildman–Crippen MR) is 72.8 cm³/mol. The van der Waals surface area contributed by atoms with Gasteiger partial charge < -0.3 is 5.32 Å². The van der Waals surface area contributed by atoms with Gasteiger partial charge in [0.05, 0.1) is 10.7 Å². The highest BCUT2D eigenvalue weighted by molar-refractivity contribution is 6.35.